The van der Waals surface area contributed by atoms with Crippen LogP contribution < -0.4 is 5.32 Å². The molecule has 0 radical (unpaired) electrons. The number of rotatable bonds is 5. The number of aromatic nitrogens is 1. The number of hydrogen-bond donors (Lipinski definition) is 1. The number of thiophene rings is 1. The van der Waals surface area contributed by atoms with E-state index in [0.717, 1.165) is 11.8 Å². The van der Waals surface area contributed by atoms with E-state index in [2.05, 4.69) is 10.3 Å². The van der Waals surface area contributed by atoms with E-state index in [9.17, 15) is 14.9 Å². The monoisotopic (exact) mass is 306 g/mol. The first-order chi connectivity index (χ1) is 10.0. The van der Waals surface area contributed by atoms with Crippen molar-refractivity contribution in [2.45, 2.75) is 6.54 Å². The summed E-state index contributed by atoms with van der Waals surface area (Å²) in [6.07, 6.45) is 1.13. The maximum Gasteiger partial charge on any atom is 0.288 e. The van der Waals surface area contributed by atoms with Gasteiger partial charge >= 0.3 is 0 Å². The Morgan fingerprint density at radius 3 is 2.90 bits per heavy atom. The molecule has 0 saturated heterocycles. The first-order valence-electron chi connectivity index (χ1n) is 6.11. The summed E-state index contributed by atoms with van der Waals surface area (Å²) in [6.45, 7) is 0.439. The zero-order chi connectivity index (χ0) is 15.4. The molecule has 21 heavy (non-hydrogen) atoms. The summed E-state index contributed by atoms with van der Waals surface area (Å²) < 4.78 is 0. The molecule has 0 saturated carbocycles. The van der Waals surface area contributed by atoms with E-state index in [1.165, 1.54) is 11.0 Å². The summed E-state index contributed by atoms with van der Waals surface area (Å²) >= 11 is 1.55. The van der Waals surface area contributed by atoms with Gasteiger partial charge in [0, 0.05) is 26.7 Å². The molecule has 0 aliphatic heterocycles. The highest BCUT2D eigenvalue weighted by Crippen LogP contribution is 2.21. The number of pyridine rings is 1. The van der Waals surface area contributed by atoms with Gasteiger partial charge in [-0.05, 0) is 22.4 Å². The highest BCUT2D eigenvalue weighted by atomic mass is 32.1. The van der Waals surface area contributed by atoms with Crippen LogP contribution in [0.25, 0.3) is 0 Å². The van der Waals surface area contributed by atoms with Gasteiger partial charge in [-0.3, -0.25) is 14.9 Å². The van der Waals surface area contributed by atoms with Gasteiger partial charge in [-0.1, -0.05) is 0 Å². The maximum absolute atomic E-state index is 12.5. The van der Waals surface area contributed by atoms with E-state index in [-0.39, 0.29) is 17.2 Å². The van der Waals surface area contributed by atoms with E-state index in [1.54, 1.807) is 25.4 Å². The molecule has 2 aromatic heterocycles. The van der Waals surface area contributed by atoms with Crippen molar-refractivity contribution in [2.24, 2.45) is 0 Å². The van der Waals surface area contributed by atoms with Crippen molar-refractivity contribution in [3.8, 4) is 0 Å². The molecule has 0 bridgehead atoms. The Bertz CT molecular complexity index is 657. The number of anilines is 1. The highest BCUT2D eigenvalue weighted by molar-refractivity contribution is 7.07. The van der Waals surface area contributed by atoms with Gasteiger partial charge in [-0.2, -0.15) is 11.3 Å². The number of carbonyl (C=O) groups is 1. The minimum atomic E-state index is -0.567. The second-order valence-electron chi connectivity index (χ2n) is 4.39. The predicted molar refractivity (Wildman–Crippen MR) is 80.6 cm³/mol. The topological polar surface area (TPSA) is 88.4 Å². The van der Waals surface area contributed by atoms with Crippen LogP contribution in [0.5, 0.6) is 0 Å². The Morgan fingerprint density at radius 1 is 1.57 bits per heavy atom. The molecular formula is C13H14N4O3S. The number of nitrogens with zero attached hydrogens (tertiary/aromatic N) is 3. The number of carbonyl (C=O) groups excluding carboxylic acids is 1. The summed E-state index contributed by atoms with van der Waals surface area (Å²) in [7, 11) is 3.27. The summed E-state index contributed by atoms with van der Waals surface area (Å²) in [5.41, 5.74) is 0.992. The average Bonchev–Trinajstić information content (AvgIpc) is 2.98. The maximum atomic E-state index is 12.5. The Labute approximate surface area is 125 Å². The fourth-order valence-corrected chi connectivity index (χ4v) is 2.51. The van der Waals surface area contributed by atoms with Crippen LogP contribution in [0.3, 0.4) is 0 Å². The summed E-state index contributed by atoms with van der Waals surface area (Å²) in [4.78, 5) is 28.1. The molecule has 0 aliphatic rings. The van der Waals surface area contributed by atoms with Crippen LogP contribution in [-0.2, 0) is 6.54 Å². The molecule has 8 heteroatoms. The third-order valence-electron chi connectivity index (χ3n) is 2.90. The third-order valence-corrected chi connectivity index (χ3v) is 3.63. The van der Waals surface area contributed by atoms with Crippen molar-refractivity contribution in [3.05, 3.63) is 50.3 Å². The second-order valence-corrected chi connectivity index (χ2v) is 5.17. The summed E-state index contributed by atoms with van der Waals surface area (Å²) in [6, 6.07) is 3.17. The molecule has 0 unspecified atom stereocenters. The van der Waals surface area contributed by atoms with Crippen LogP contribution in [0.4, 0.5) is 11.5 Å². The first kappa shape index (κ1) is 14.9. The van der Waals surface area contributed by atoms with E-state index in [4.69, 9.17) is 0 Å². The Balaban J connectivity index is 2.28. The van der Waals surface area contributed by atoms with Crippen LogP contribution in [-0.4, -0.2) is 34.8 Å². The van der Waals surface area contributed by atoms with Crippen molar-refractivity contribution in [1.82, 2.24) is 9.88 Å². The van der Waals surface area contributed by atoms with Gasteiger partial charge < -0.3 is 10.2 Å². The van der Waals surface area contributed by atoms with Crippen LogP contribution in [0.15, 0.2) is 29.1 Å². The molecule has 2 heterocycles. The smallest absolute Gasteiger partial charge is 0.288 e. The summed E-state index contributed by atoms with van der Waals surface area (Å²) in [5.74, 6) is 0.00418. The van der Waals surface area contributed by atoms with E-state index >= 15 is 0 Å². The fourth-order valence-electron chi connectivity index (χ4n) is 1.85. The highest BCUT2D eigenvalue weighted by Gasteiger charge is 2.20. The van der Waals surface area contributed by atoms with Crippen LogP contribution >= 0.6 is 11.3 Å². The minimum absolute atomic E-state index is 0.185. The largest absolute Gasteiger partial charge is 0.372 e. The lowest BCUT2D eigenvalue weighted by molar-refractivity contribution is -0.385. The van der Waals surface area contributed by atoms with Gasteiger partial charge in [0.25, 0.3) is 11.6 Å². The minimum Gasteiger partial charge on any atom is -0.372 e. The standard InChI is InChI=1S/C13H14N4O3S/c1-14-12-11(5-10(6-15-12)17(19)20)13(18)16(2)7-9-3-4-21-8-9/h3-6,8H,7H2,1-2H3,(H,14,15). The lowest BCUT2D eigenvalue weighted by Gasteiger charge is -2.17. The van der Waals surface area contributed by atoms with Crippen LogP contribution in [0, 0.1) is 10.1 Å². The van der Waals surface area contributed by atoms with Gasteiger partial charge in [-0.15, -0.1) is 0 Å². The van der Waals surface area contributed by atoms with Crippen molar-refractivity contribution < 1.29 is 9.72 Å². The Kier molecular flexibility index (Phi) is 4.49. The van der Waals surface area contributed by atoms with Gasteiger partial charge in [0.05, 0.1) is 10.5 Å². The normalized spacial score (nSPS) is 10.2. The Hall–Kier alpha value is -2.48. The number of nitro groups is 1. The molecular weight excluding hydrogens is 292 g/mol. The summed E-state index contributed by atoms with van der Waals surface area (Å²) in [5, 5.41) is 17.5. The average molecular weight is 306 g/mol. The quantitative estimate of drug-likeness (QED) is 0.676. The molecule has 2 rings (SSSR count). The van der Waals surface area contributed by atoms with E-state index < -0.39 is 4.92 Å². The molecule has 0 spiro atoms. The van der Waals surface area contributed by atoms with Gasteiger partial charge in [0.1, 0.15) is 12.0 Å². The molecule has 0 aromatic carbocycles. The molecule has 110 valence electrons. The van der Waals surface area contributed by atoms with Gasteiger partial charge in [0.15, 0.2) is 0 Å². The SMILES string of the molecule is CNc1ncc([N+](=O)[O-])cc1C(=O)N(C)Cc1ccsc1. The Morgan fingerprint density at radius 2 is 2.33 bits per heavy atom. The lowest BCUT2D eigenvalue weighted by atomic mass is 10.2. The molecule has 0 fully saturated rings. The van der Waals surface area contributed by atoms with E-state index in [1.807, 2.05) is 16.8 Å². The molecule has 7 nitrogen and oxygen atoms in total. The second kappa shape index (κ2) is 6.31. The van der Waals surface area contributed by atoms with Crippen molar-refractivity contribution in [1.29, 1.82) is 0 Å². The van der Waals surface area contributed by atoms with Crippen molar-refractivity contribution in [2.75, 3.05) is 19.4 Å². The molecule has 0 atom stereocenters. The lowest BCUT2D eigenvalue weighted by Crippen LogP contribution is -2.27. The van der Waals surface area contributed by atoms with Crippen LogP contribution in [0.2, 0.25) is 0 Å². The van der Waals surface area contributed by atoms with E-state index in [0.29, 0.717) is 12.4 Å². The van der Waals surface area contributed by atoms with Crippen molar-refractivity contribution >= 4 is 28.7 Å². The number of nitrogens with one attached hydrogen (secondary N) is 1. The first-order valence-corrected chi connectivity index (χ1v) is 7.06. The zero-order valence-electron chi connectivity index (χ0n) is 11.6. The third kappa shape index (κ3) is 3.34. The van der Waals surface area contributed by atoms with Gasteiger partial charge in [-0.25, -0.2) is 4.98 Å². The molecule has 0 aliphatic carbocycles. The number of amides is 1. The molecule has 1 amide bonds. The zero-order valence-corrected chi connectivity index (χ0v) is 12.4. The number of hydrogen-bond acceptors (Lipinski definition) is 6. The van der Waals surface area contributed by atoms with Crippen LogP contribution in [0.1, 0.15) is 15.9 Å². The molecule has 2 aromatic rings. The fraction of sp³-hybridized carbons (Fsp3) is 0.231. The van der Waals surface area contributed by atoms with Gasteiger partial charge in [0.2, 0.25) is 0 Å². The van der Waals surface area contributed by atoms with Crippen molar-refractivity contribution in [3.63, 3.8) is 0 Å². The predicted octanol–water partition coefficient (Wildman–Crippen LogP) is 2.37. The molecule has 1 N–H and O–H groups in total.